The molecule has 4 heterocycles. The molecule has 1 aromatic carbocycles. The van der Waals surface area contributed by atoms with E-state index in [2.05, 4.69) is 20.6 Å². The monoisotopic (exact) mass is 546 g/mol. The summed E-state index contributed by atoms with van der Waals surface area (Å²) in [7, 11) is 0. The molecule has 8 N–H and O–H groups in total. The summed E-state index contributed by atoms with van der Waals surface area (Å²) in [5, 5.41) is 28.6. The van der Waals surface area contributed by atoms with Gasteiger partial charge in [-0.3, -0.25) is 19.3 Å². The van der Waals surface area contributed by atoms with Gasteiger partial charge in [0, 0.05) is 37.8 Å². The van der Waals surface area contributed by atoms with Crippen molar-refractivity contribution < 1.29 is 33.4 Å². The van der Waals surface area contributed by atoms with Gasteiger partial charge in [-0.25, -0.2) is 18.8 Å². The molecular weight excluding hydrogens is 518 g/mol. The number of aliphatic imine (C=N–C) groups is 2. The molecule has 4 aliphatic heterocycles. The van der Waals surface area contributed by atoms with Crippen molar-refractivity contribution in [3.63, 3.8) is 0 Å². The summed E-state index contributed by atoms with van der Waals surface area (Å²) in [4.78, 5) is 49.0. The predicted molar refractivity (Wildman–Crippen MR) is 131 cm³/mol. The fraction of sp³-hybridized carbons (Fsp3) is 0.542. The van der Waals surface area contributed by atoms with E-state index in [4.69, 9.17) is 11.5 Å². The highest BCUT2D eigenvalue weighted by Crippen LogP contribution is 2.45. The van der Waals surface area contributed by atoms with Crippen LogP contribution in [-0.2, 0) is 22.4 Å². The van der Waals surface area contributed by atoms with E-state index in [9.17, 15) is 33.4 Å². The van der Waals surface area contributed by atoms with E-state index in [1.807, 2.05) is 0 Å². The van der Waals surface area contributed by atoms with E-state index in [0.29, 0.717) is 11.1 Å². The number of nitrogens with zero attached hydrogens (tertiary/aromatic N) is 4. The molecule has 1 spiro atoms. The van der Waals surface area contributed by atoms with Crippen LogP contribution < -0.4 is 22.1 Å². The second-order valence-electron chi connectivity index (χ2n) is 10.6. The van der Waals surface area contributed by atoms with Crippen LogP contribution in [0.1, 0.15) is 40.7 Å². The normalized spacial score (nSPS) is 32.2. The molecule has 0 bridgehead atoms. The number of fused-ring (bicyclic) bond motifs is 1. The Balaban J connectivity index is 1.30. The molecule has 4 atom stereocenters. The third kappa shape index (κ3) is 3.66. The molecule has 5 aliphatic rings. The van der Waals surface area contributed by atoms with Crippen molar-refractivity contribution in [2.24, 2.45) is 21.5 Å². The van der Waals surface area contributed by atoms with E-state index in [0.717, 1.165) is 4.90 Å². The van der Waals surface area contributed by atoms with Crippen LogP contribution in [0.5, 0.6) is 0 Å². The third-order valence-electron chi connectivity index (χ3n) is 8.34. The van der Waals surface area contributed by atoms with Crippen molar-refractivity contribution in [1.82, 2.24) is 20.4 Å². The Morgan fingerprint density at radius 1 is 1.15 bits per heavy atom. The molecule has 0 radical (unpaired) electrons. The molecule has 2 fully saturated rings. The van der Waals surface area contributed by atoms with Crippen molar-refractivity contribution >= 4 is 29.6 Å². The highest BCUT2D eigenvalue weighted by atomic mass is 19.3. The van der Waals surface area contributed by atoms with Crippen LogP contribution in [0.25, 0.3) is 0 Å². The molecular formula is C24H28F2N8O5. The Hall–Kier alpha value is -3.85. The maximum atomic E-state index is 13.9. The number of halogens is 2. The SMILES string of the molecule is NC1=NC2[C@H](CN3C(=O)CCC3=O)N=C(N)N3C[C@H](NC(=O)c4cccc5c4CCC(F)(F)C5)C(O)(O)C23N1. The Morgan fingerprint density at radius 3 is 2.59 bits per heavy atom. The average Bonchev–Trinajstić information content (AvgIpc) is 3.45. The quantitative estimate of drug-likeness (QED) is 0.178. The summed E-state index contributed by atoms with van der Waals surface area (Å²) in [6.45, 7) is -0.396. The van der Waals surface area contributed by atoms with Gasteiger partial charge < -0.3 is 37.2 Å². The van der Waals surface area contributed by atoms with Gasteiger partial charge in [-0.05, 0) is 23.6 Å². The molecule has 3 amide bonds. The van der Waals surface area contributed by atoms with E-state index >= 15 is 0 Å². The fourth-order valence-electron chi connectivity index (χ4n) is 6.47. The molecule has 1 aromatic rings. The lowest BCUT2D eigenvalue weighted by atomic mass is 9.84. The fourth-order valence-corrected chi connectivity index (χ4v) is 6.47. The minimum absolute atomic E-state index is 0.000716. The van der Waals surface area contributed by atoms with Gasteiger partial charge in [-0.2, -0.15) is 0 Å². The Labute approximate surface area is 220 Å². The summed E-state index contributed by atoms with van der Waals surface area (Å²) in [5.74, 6) is -7.29. The highest BCUT2D eigenvalue weighted by molar-refractivity contribution is 6.02. The Bertz CT molecular complexity index is 1330. The summed E-state index contributed by atoms with van der Waals surface area (Å²) < 4.78 is 27.9. The average molecular weight is 547 g/mol. The second-order valence-corrected chi connectivity index (χ2v) is 10.6. The number of rotatable bonds is 4. The number of benzene rings is 1. The third-order valence-corrected chi connectivity index (χ3v) is 8.34. The topological polar surface area (TPSA) is 199 Å². The summed E-state index contributed by atoms with van der Waals surface area (Å²) in [6.07, 6.45) is -0.747. The van der Waals surface area contributed by atoms with Gasteiger partial charge >= 0.3 is 0 Å². The first-order valence-electron chi connectivity index (χ1n) is 12.6. The standard InChI is InChI=1S/C24H28F2N8O5/c25-22(26)7-6-12-11(8-22)2-1-3-13(12)19(37)30-15-10-34-21(28)29-14(9-33-16(35)4-5-17(33)36)18-23(34,24(15,38)39)32-20(27)31-18/h1-3,14-15,18,38-39H,4-10H2,(H2,28,29)(H,30,37)(H3,27,31,32)/t14-,15-,18?,23?/m0/s1. The van der Waals surface area contributed by atoms with Crippen LogP contribution in [0.15, 0.2) is 28.2 Å². The number of imide groups is 1. The van der Waals surface area contributed by atoms with Gasteiger partial charge in [-0.1, -0.05) is 12.1 Å². The number of aliphatic hydroxyl groups is 2. The Kier molecular flexibility index (Phi) is 5.43. The maximum Gasteiger partial charge on any atom is 0.252 e. The number of nitrogens with one attached hydrogen (secondary N) is 2. The van der Waals surface area contributed by atoms with Crippen molar-refractivity contribution in [2.75, 3.05) is 13.1 Å². The molecule has 13 nitrogen and oxygen atoms in total. The van der Waals surface area contributed by atoms with Crippen molar-refractivity contribution in [3.8, 4) is 0 Å². The van der Waals surface area contributed by atoms with E-state index in [-0.39, 0.29) is 61.6 Å². The largest absolute Gasteiger partial charge is 0.370 e. The number of carbonyl (C=O) groups excluding carboxylic acids is 3. The minimum atomic E-state index is -2.86. The van der Waals surface area contributed by atoms with E-state index < -0.39 is 54.2 Å². The van der Waals surface area contributed by atoms with Crippen LogP contribution in [0.4, 0.5) is 8.78 Å². The number of amides is 3. The number of carbonyl (C=O) groups is 3. The first kappa shape index (κ1) is 25.4. The second kappa shape index (κ2) is 8.32. The van der Waals surface area contributed by atoms with E-state index in [1.165, 1.54) is 17.0 Å². The smallest absolute Gasteiger partial charge is 0.252 e. The lowest BCUT2D eigenvalue weighted by molar-refractivity contribution is -0.230. The molecule has 2 saturated heterocycles. The van der Waals surface area contributed by atoms with Gasteiger partial charge in [0.25, 0.3) is 11.8 Å². The summed E-state index contributed by atoms with van der Waals surface area (Å²) in [5.41, 5.74) is 11.4. The van der Waals surface area contributed by atoms with Gasteiger partial charge in [0.15, 0.2) is 17.6 Å². The molecule has 1 aliphatic carbocycles. The molecule has 208 valence electrons. The lowest BCUT2D eigenvalue weighted by Crippen LogP contribution is -2.78. The number of alkyl halides is 2. The summed E-state index contributed by atoms with van der Waals surface area (Å²) >= 11 is 0. The van der Waals surface area contributed by atoms with Crippen molar-refractivity contribution in [1.29, 1.82) is 0 Å². The number of nitrogens with two attached hydrogens (primary N) is 2. The number of hydrogen-bond acceptors (Lipinski definition) is 11. The van der Waals surface area contributed by atoms with Crippen LogP contribution in [0.3, 0.4) is 0 Å². The van der Waals surface area contributed by atoms with E-state index in [1.54, 1.807) is 6.07 Å². The number of likely N-dealkylation sites (tertiary alicyclic amines) is 1. The van der Waals surface area contributed by atoms with Gasteiger partial charge in [0.05, 0.1) is 12.6 Å². The predicted octanol–water partition coefficient (Wildman–Crippen LogP) is -2.27. The van der Waals surface area contributed by atoms with Crippen LogP contribution in [0.2, 0.25) is 0 Å². The van der Waals surface area contributed by atoms with Gasteiger partial charge in [0.1, 0.15) is 12.1 Å². The molecule has 15 heteroatoms. The molecule has 2 unspecified atom stereocenters. The lowest BCUT2D eigenvalue weighted by Gasteiger charge is -2.49. The van der Waals surface area contributed by atoms with Gasteiger partial charge in [-0.15, -0.1) is 0 Å². The van der Waals surface area contributed by atoms with Crippen LogP contribution in [-0.4, -0.2) is 98.2 Å². The highest BCUT2D eigenvalue weighted by Gasteiger charge is 2.73. The van der Waals surface area contributed by atoms with Crippen molar-refractivity contribution in [2.45, 2.75) is 67.6 Å². The van der Waals surface area contributed by atoms with Gasteiger partial charge in [0.2, 0.25) is 17.6 Å². The first-order valence-corrected chi connectivity index (χ1v) is 12.6. The number of guanidine groups is 2. The molecule has 6 rings (SSSR count). The molecule has 0 aromatic heterocycles. The number of hydrogen-bond donors (Lipinski definition) is 6. The van der Waals surface area contributed by atoms with Crippen LogP contribution in [0, 0.1) is 0 Å². The molecule has 39 heavy (non-hydrogen) atoms. The zero-order chi connectivity index (χ0) is 27.9. The Morgan fingerprint density at radius 2 is 1.87 bits per heavy atom. The first-order chi connectivity index (χ1) is 18.3. The summed E-state index contributed by atoms with van der Waals surface area (Å²) in [6, 6.07) is 1.19. The van der Waals surface area contributed by atoms with Crippen LogP contribution >= 0.6 is 0 Å². The maximum absolute atomic E-state index is 13.9. The zero-order valence-corrected chi connectivity index (χ0v) is 20.7. The van der Waals surface area contributed by atoms with Crippen molar-refractivity contribution in [3.05, 3.63) is 34.9 Å². The zero-order valence-electron chi connectivity index (χ0n) is 20.7. The molecule has 0 saturated carbocycles. The minimum Gasteiger partial charge on any atom is -0.370 e.